The fourth-order valence-corrected chi connectivity index (χ4v) is 7.99. The first-order valence-electron chi connectivity index (χ1n) is 11.4. The molecule has 3 saturated carbocycles. The van der Waals surface area contributed by atoms with E-state index in [2.05, 4.69) is 69.9 Å². The molecule has 0 spiro atoms. The molecule has 0 N–H and O–H groups in total. The van der Waals surface area contributed by atoms with Crippen molar-refractivity contribution in [1.82, 2.24) is 4.90 Å². The summed E-state index contributed by atoms with van der Waals surface area (Å²) < 4.78 is 0. The molecule has 1 saturated heterocycles. The molecule has 0 aromatic heterocycles. The van der Waals surface area contributed by atoms with Gasteiger partial charge in [0.15, 0.2) is 0 Å². The van der Waals surface area contributed by atoms with Crippen LogP contribution in [0, 0.1) is 22.2 Å². The fourth-order valence-electron chi connectivity index (χ4n) is 7.99. The molecule has 1 heterocycles. The average Bonchev–Trinajstić information content (AvgIpc) is 2.51. The van der Waals surface area contributed by atoms with Gasteiger partial charge in [0.1, 0.15) is 0 Å². The Labute approximate surface area is 167 Å². The lowest BCUT2D eigenvalue weighted by Gasteiger charge is -2.61. The highest BCUT2D eigenvalue weighted by molar-refractivity contribution is 5.31. The summed E-state index contributed by atoms with van der Waals surface area (Å²) in [4.78, 5) is 2.81. The van der Waals surface area contributed by atoms with Crippen LogP contribution in [0.2, 0.25) is 0 Å². The molecule has 3 aliphatic carbocycles. The third-order valence-corrected chi connectivity index (χ3v) is 7.94. The van der Waals surface area contributed by atoms with Crippen LogP contribution in [0.4, 0.5) is 0 Å². The van der Waals surface area contributed by atoms with Crippen LogP contribution in [0.1, 0.15) is 85.1 Å². The Morgan fingerprint density at radius 3 is 2.33 bits per heavy atom. The van der Waals surface area contributed by atoms with Gasteiger partial charge in [0.25, 0.3) is 0 Å². The van der Waals surface area contributed by atoms with Gasteiger partial charge in [-0.05, 0) is 84.6 Å². The predicted molar refractivity (Wildman–Crippen MR) is 116 cm³/mol. The fraction of sp³-hybridized carbons (Fsp3) is 0.769. The summed E-state index contributed by atoms with van der Waals surface area (Å²) in [5, 5.41) is 0. The number of nitrogens with zero attached hydrogens (tertiary/aromatic N) is 1. The second-order valence-electron chi connectivity index (χ2n) is 12.3. The van der Waals surface area contributed by atoms with Crippen LogP contribution in [0.15, 0.2) is 30.3 Å². The molecule has 1 aromatic carbocycles. The molecule has 150 valence electrons. The first kappa shape index (κ1) is 19.5. The maximum Gasteiger partial charge on any atom is 0.00359 e. The molecule has 4 aliphatic rings. The molecular formula is C26H41N. The smallest absolute Gasteiger partial charge is 0.00359 e. The highest BCUT2D eigenvalue weighted by atomic mass is 15.1. The van der Waals surface area contributed by atoms with E-state index in [9.17, 15) is 0 Å². The predicted octanol–water partition coefficient (Wildman–Crippen LogP) is 6.67. The minimum absolute atomic E-state index is 0.462. The van der Waals surface area contributed by atoms with E-state index < -0.39 is 0 Å². The lowest BCUT2D eigenvalue weighted by molar-refractivity contribution is -0.0635. The minimum atomic E-state index is 0.462. The van der Waals surface area contributed by atoms with E-state index in [-0.39, 0.29) is 0 Å². The highest BCUT2D eigenvalue weighted by Crippen LogP contribution is 2.64. The first-order valence-corrected chi connectivity index (χ1v) is 11.4. The Kier molecular flexibility index (Phi) is 4.78. The zero-order valence-corrected chi connectivity index (χ0v) is 18.5. The zero-order chi connectivity index (χ0) is 19.3. The normalized spacial score (nSPS) is 42.0. The Bertz CT molecular complexity index is 649. The summed E-state index contributed by atoms with van der Waals surface area (Å²) >= 11 is 0. The number of hydrogen-bond donors (Lipinski definition) is 0. The van der Waals surface area contributed by atoms with E-state index >= 15 is 0 Å². The van der Waals surface area contributed by atoms with Crippen molar-refractivity contribution in [1.29, 1.82) is 0 Å². The molecule has 27 heavy (non-hydrogen) atoms. The second-order valence-corrected chi connectivity index (χ2v) is 12.3. The van der Waals surface area contributed by atoms with Crippen LogP contribution in [-0.4, -0.2) is 24.5 Å². The van der Waals surface area contributed by atoms with E-state index in [1.54, 1.807) is 5.56 Å². The maximum absolute atomic E-state index is 2.81. The molecule has 5 rings (SSSR count). The molecular weight excluding hydrogens is 326 g/mol. The third kappa shape index (κ3) is 4.00. The van der Waals surface area contributed by atoms with Crippen molar-refractivity contribution in [2.45, 2.75) is 85.0 Å². The van der Waals surface area contributed by atoms with Gasteiger partial charge in [-0.2, -0.15) is 0 Å². The van der Waals surface area contributed by atoms with E-state index in [1.165, 1.54) is 64.6 Å². The largest absolute Gasteiger partial charge is 0.302 e. The van der Waals surface area contributed by atoms with Gasteiger partial charge in [-0.3, -0.25) is 0 Å². The van der Waals surface area contributed by atoms with Crippen molar-refractivity contribution in [3.8, 4) is 0 Å². The topological polar surface area (TPSA) is 3.24 Å². The Hall–Kier alpha value is -0.820. The zero-order valence-electron chi connectivity index (χ0n) is 18.5. The molecule has 2 bridgehead atoms. The number of benzene rings is 1. The molecule has 2 atom stereocenters. The van der Waals surface area contributed by atoms with Gasteiger partial charge in [-0.25, -0.2) is 0 Å². The van der Waals surface area contributed by atoms with Crippen LogP contribution in [0.5, 0.6) is 0 Å². The monoisotopic (exact) mass is 367 g/mol. The minimum Gasteiger partial charge on any atom is -0.302 e. The van der Waals surface area contributed by atoms with Gasteiger partial charge >= 0.3 is 0 Å². The third-order valence-electron chi connectivity index (χ3n) is 7.94. The molecule has 1 aromatic rings. The summed E-state index contributed by atoms with van der Waals surface area (Å²) in [7, 11) is 0. The van der Waals surface area contributed by atoms with Crippen molar-refractivity contribution < 1.29 is 0 Å². The van der Waals surface area contributed by atoms with Gasteiger partial charge in [0.05, 0.1) is 0 Å². The average molecular weight is 368 g/mol. The van der Waals surface area contributed by atoms with Gasteiger partial charge in [-0.1, -0.05) is 65.0 Å². The molecule has 0 radical (unpaired) electrons. The van der Waals surface area contributed by atoms with Crippen molar-refractivity contribution in [3.05, 3.63) is 35.9 Å². The lowest BCUT2D eigenvalue weighted by Crippen LogP contribution is -2.55. The van der Waals surface area contributed by atoms with Crippen molar-refractivity contribution in [2.24, 2.45) is 22.2 Å². The van der Waals surface area contributed by atoms with E-state index in [0.717, 1.165) is 5.92 Å². The Balaban J connectivity index is 1.51. The van der Waals surface area contributed by atoms with Crippen LogP contribution in [0.25, 0.3) is 0 Å². The number of rotatable bonds is 3. The summed E-state index contributed by atoms with van der Waals surface area (Å²) in [5.41, 5.74) is 3.59. The summed E-state index contributed by atoms with van der Waals surface area (Å²) in [6.45, 7) is 16.6. The summed E-state index contributed by atoms with van der Waals surface area (Å²) in [6.07, 6.45) is 9.77. The lowest BCUT2D eigenvalue weighted by atomic mass is 9.43. The maximum atomic E-state index is 2.81. The van der Waals surface area contributed by atoms with Gasteiger partial charge in [0.2, 0.25) is 0 Å². The molecule has 2 unspecified atom stereocenters. The molecule has 1 nitrogen and oxygen atoms in total. The van der Waals surface area contributed by atoms with E-state index in [0.29, 0.717) is 21.7 Å². The molecule has 0 amide bonds. The van der Waals surface area contributed by atoms with Crippen molar-refractivity contribution in [2.75, 3.05) is 19.6 Å². The van der Waals surface area contributed by atoms with Crippen molar-refractivity contribution in [3.63, 3.8) is 0 Å². The molecule has 4 fully saturated rings. The second kappa shape index (κ2) is 6.61. The van der Waals surface area contributed by atoms with E-state index in [4.69, 9.17) is 0 Å². The number of fused-ring (bicyclic) bond motifs is 4. The standard InChI is InChI=1S/C26H41N/c1-21-14-24(4,20-27-13-9-12-23(2,3)19-27)16-25(5)17-26(15-21,18-25)22-10-7-6-8-11-22/h6-8,10-11,21H,9,12-20H2,1-5H3. The highest BCUT2D eigenvalue weighted by Gasteiger charge is 2.56. The molecule has 1 heteroatoms. The summed E-state index contributed by atoms with van der Waals surface area (Å²) in [5.74, 6) is 0.817. The first-order chi connectivity index (χ1) is 12.6. The quantitative estimate of drug-likeness (QED) is 0.576. The van der Waals surface area contributed by atoms with E-state index in [1.807, 2.05) is 0 Å². The number of piperidine rings is 1. The number of likely N-dealkylation sites (tertiary alicyclic amines) is 1. The van der Waals surface area contributed by atoms with Crippen LogP contribution in [-0.2, 0) is 5.41 Å². The SMILES string of the molecule is CC1CC(C)(CN2CCCC(C)(C)C2)CC2(C)CC(c3ccccc3)(C1)C2. The Morgan fingerprint density at radius 1 is 0.963 bits per heavy atom. The van der Waals surface area contributed by atoms with Crippen molar-refractivity contribution >= 4 is 0 Å². The van der Waals surface area contributed by atoms with Gasteiger partial charge < -0.3 is 4.90 Å². The Morgan fingerprint density at radius 2 is 1.67 bits per heavy atom. The van der Waals surface area contributed by atoms with Gasteiger partial charge in [-0.15, -0.1) is 0 Å². The summed E-state index contributed by atoms with van der Waals surface area (Å²) in [6, 6.07) is 11.4. The van der Waals surface area contributed by atoms with Crippen LogP contribution < -0.4 is 0 Å². The van der Waals surface area contributed by atoms with Gasteiger partial charge in [0, 0.05) is 13.1 Å². The van der Waals surface area contributed by atoms with Crippen LogP contribution in [0.3, 0.4) is 0 Å². The van der Waals surface area contributed by atoms with Crippen LogP contribution >= 0.6 is 0 Å². The number of hydrogen-bond acceptors (Lipinski definition) is 1. The molecule has 1 aliphatic heterocycles.